The molecule has 0 spiro atoms. The maximum Gasteiger partial charge on any atom is 0.256 e. The number of fused-ring (bicyclic) bond motifs is 1. The summed E-state index contributed by atoms with van der Waals surface area (Å²) in [6.45, 7) is 4.32. The Kier molecular flexibility index (Phi) is 3.59. The lowest BCUT2D eigenvalue weighted by atomic mass is 10.1. The fraction of sp³-hybridized carbons (Fsp3) is 0.333. The largest absolute Gasteiger partial charge is 0.336 e. The van der Waals surface area contributed by atoms with Gasteiger partial charge in [-0.25, -0.2) is 0 Å². The summed E-state index contributed by atoms with van der Waals surface area (Å²) in [7, 11) is 0. The van der Waals surface area contributed by atoms with Crippen molar-refractivity contribution < 1.29 is 4.79 Å². The second-order valence-electron chi connectivity index (χ2n) is 5.13. The molecule has 1 unspecified atom stereocenters. The van der Waals surface area contributed by atoms with Gasteiger partial charge >= 0.3 is 0 Å². The van der Waals surface area contributed by atoms with Crippen LogP contribution in [0.3, 0.4) is 0 Å². The topological polar surface area (TPSA) is 45.2 Å². The molecule has 5 heteroatoms. The summed E-state index contributed by atoms with van der Waals surface area (Å²) in [5, 5.41) is 4.79. The van der Waals surface area contributed by atoms with E-state index in [1.165, 1.54) is 0 Å². The summed E-state index contributed by atoms with van der Waals surface area (Å²) in [6.07, 6.45) is 1.70. The van der Waals surface area contributed by atoms with Gasteiger partial charge in [0.15, 0.2) is 0 Å². The van der Waals surface area contributed by atoms with Crippen molar-refractivity contribution in [2.24, 2.45) is 0 Å². The van der Waals surface area contributed by atoms with E-state index in [2.05, 4.69) is 17.2 Å². The molecule has 0 aliphatic carbocycles. The van der Waals surface area contributed by atoms with Crippen LogP contribution in [0.2, 0.25) is 5.02 Å². The molecule has 3 rings (SSSR count). The monoisotopic (exact) mass is 289 g/mol. The predicted octanol–water partition coefficient (Wildman–Crippen LogP) is 2.32. The SMILES string of the molecule is CC1CN(C(=O)c2cc(Cl)cc3cccnc23)CCN1. The molecule has 1 atom stereocenters. The fourth-order valence-corrected chi connectivity index (χ4v) is 2.83. The molecule has 1 aromatic carbocycles. The third kappa shape index (κ3) is 2.49. The highest BCUT2D eigenvalue weighted by Crippen LogP contribution is 2.23. The van der Waals surface area contributed by atoms with E-state index in [9.17, 15) is 4.79 Å². The minimum absolute atomic E-state index is 0.00421. The molecule has 1 fully saturated rings. The summed E-state index contributed by atoms with van der Waals surface area (Å²) >= 11 is 6.12. The number of rotatable bonds is 1. The van der Waals surface area contributed by atoms with Crippen LogP contribution in [0, 0.1) is 0 Å². The summed E-state index contributed by atoms with van der Waals surface area (Å²) in [5.74, 6) is 0.00421. The minimum Gasteiger partial charge on any atom is -0.336 e. The Labute approximate surface area is 122 Å². The number of nitrogens with zero attached hydrogens (tertiary/aromatic N) is 2. The standard InChI is InChI=1S/C15H16ClN3O/c1-10-9-19(6-5-17-10)15(20)13-8-12(16)7-11-3-2-4-18-14(11)13/h2-4,7-8,10,17H,5-6,9H2,1H3. The Morgan fingerprint density at radius 1 is 1.50 bits per heavy atom. The van der Waals surface area contributed by atoms with Crippen molar-refractivity contribution in [3.05, 3.63) is 41.0 Å². The molecule has 0 radical (unpaired) electrons. The van der Waals surface area contributed by atoms with E-state index >= 15 is 0 Å². The van der Waals surface area contributed by atoms with Crippen molar-refractivity contribution in [1.29, 1.82) is 0 Å². The molecule has 104 valence electrons. The lowest BCUT2D eigenvalue weighted by Crippen LogP contribution is -2.51. The molecule has 0 saturated carbocycles. The van der Waals surface area contributed by atoms with Crippen LogP contribution in [0.25, 0.3) is 10.9 Å². The molecular formula is C15H16ClN3O. The van der Waals surface area contributed by atoms with Crippen molar-refractivity contribution in [2.75, 3.05) is 19.6 Å². The number of aromatic nitrogens is 1. The smallest absolute Gasteiger partial charge is 0.256 e. The van der Waals surface area contributed by atoms with Crippen LogP contribution >= 0.6 is 11.6 Å². The zero-order valence-corrected chi connectivity index (χ0v) is 12.0. The number of pyridine rings is 1. The number of amides is 1. The number of nitrogens with one attached hydrogen (secondary N) is 1. The van der Waals surface area contributed by atoms with Gasteiger partial charge in [-0.1, -0.05) is 17.7 Å². The van der Waals surface area contributed by atoms with E-state index in [-0.39, 0.29) is 5.91 Å². The maximum atomic E-state index is 12.7. The Morgan fingerprint density at radius 2 is 2.35 bits per heavy atom. The Bertz CT molecular complexity index is 659. The van der Waals surface area contributed by atoms with E-state index < -0.39 is 0 Å². The number of piperazine rings is 1. The molecule has 1 aromatic heterocycles. The third-order valence-electron chi connectivity index (χ3n) is 3.56. The molecule has 2 aromatic rings. The average Bonchev–Trinajstić information content (AvgIpc) is 2.45. The van der Waals surface area contributed by atoms with Gasteiger partial charge in [-0.2, -0.15) is 0 Å². The second kappa shape index (κ2) is 5.38. The van der Waals surface area contributed by atoms with Crippen LogP contribution in [-0.2, 0) is 0 Å². The van der Waals surface area contributed by atoms with Gasteiger partial charge in [-0.15, -0.1) is 0 Å². The summed E-state index contributed by atoms with van der Waals surface area (Å²) in [4.78, 5) is 18.9. The van der Waals surface area contributed by atoms with Crippen molar-refractivity contribution in [1.82, 2.24) is 15.2 Å². The van der Waals surface area contributed by atoms with Crippen LogP contribution in [0.1, 0.15) is 17.3 Å². The number of carbonyl (C=O) groups excluding carboxylic acids is 1. The highest BCUT2D eigenvalue weighted by molar-refractivity contribution is 6.32. The minimum atomic E-state index is 0.00421. The van der Waals surface area contributed by atoms with Crippen molar-refractivity contribution in [3.8, 4) is 0 Å². The van der Waals surface area contributed by atoms with E-state index in [4.69, 9.17) is 11.6 Å². The van der Waals surface area contributed by atoms with E-state index in [0.717, 1.165) is 11.9 Å². The number of hydrogen-bond donors (Lipinski definition) is 1. The maximum absolute atomic E-state index is 12.7. The number of halogens is 1. The lowest BCUT2D eigenvalue weighted by molar-refractivity contribution is 0.0711. The fourth-order valence-electron chi connectivity index (χ4n) is 2.61. The van der Waals surface area contributed by atoms with Crippen molar-refractivity contribution in [3.63, 3.8) is 0 Å². The van der Waals surface area contributed by atoms with Gasteiger partial charge in [0.05, 0.1) is 11.1 Å². The first-order valence-corrected chi connectivity index (χ1v) is 7.10. The molecule has 1 saturated heterocycles. The van der Waals surface area contributed by atoms with Crippen LogP contribution in [0.5, 0.6) is 0 Å². The highest BCUT2D eigenvalue weighted by atomic mass is 35.5. The zero-order chi connectivity index (χ0) is 14.1. The van der Waals surface area contributed by atoms with Gasteiger partial charge in [0.1, 0.15) is 0 Å². The molecule has 20 heavy (non-hydrogen) atoms. The van der Waals surface area contributed by atoms with Crippen molar-refractivity contribution >= 4 is 28.4 Å². The van der Waals surface area contributed by atoms with E-state index in [1.54, 1.807) is 12.3 Å². The van der Waals surface area contributed by atoms with Gasteiger partial charge in [0.25, 0.3) is 5.91 Å². The molecule has 1 aliphatic heterocycles. The normalized spacial score (nSPS) is 19.3. The molecule has 1 aliphatic rings. The Hall–Kier alpha value is -1.65. The first-order valence-electron chi connectivity index (χ1n) is 6.72. The number of benzene rings is 1. The Morgan fingerprint density at radius 3 is 3.15 bits per heavy atom. The summed E-state index contributed by atoms with van der Waals surface area (Å²) in [5.41, 5.74) is 1.30. The second-order valence-corrected chi connectivity index (χ2v) is 5.57. The van der Waals surface area contributed by atoms with Crippen LogP contribution in [0.15, 0.2) is 30.5 Å². The van der Waals surface area contributed by atoms with Crippen LogP contribution in [-0.4, -0.2) is 41.5 Å². The predicted molar refractivity (Wildman–Crippen MR) is 80.1 cm³/mol. The molecule has 2 heterocycles. The van der Waals surface area contributed by atoms with Gasteiger partial charge in [-0.05, 0) is 25.1 Å². The summed E-state index contributed by atoms with van der Waals surface area (Å²) in [6, 6.07) is 7.63. The van der Waals surface area contributed by atoms with Crippen LogP contribution < -0.4 is 5.32 Å². The number of hydrogen-bond acceptors (Lipinski definition) is 3. The van der Waals surface area contributed by atoms with E-state index in [1.807, 2.05) is 23.1 Å². The van der Waals surface area contributed by atoms with Gasteiger partial charge < -0.3 is 10.2 Å². The highest BCUT2D eigenvalue weighted by Gasteiger charge is 2.23. The Balaban J connectivity index is 2.02. The molecule has 1 N–H and O–H groups in total. The van der Waals surface area contributed by atoms with Gasteiger partial charge in [-0.3, -0.25) is 9.78 Å². The number of carbonyl (C=O) groups is 1. The third-order valence-corrected chi connectivity index (χ3v) is 3.77. The molecule has 4 nitrogen and oxygen atoms in total. The summed E-state index contributed by atoms with van der Waals surface area (Å²) < 4.78 is 0. The van der Waals surface area contributed by atoms with E-state index in [0.29, 0.717) is 35.2 Å². The van der Waals surface area contributed by atoms with Crippen molar-refractivity contribution in [2.45, 2.75) is 13.0 Å². The first kappa shape index (κ1) is 13.3. The quantitative estimate of drug-likeness (QED) is 0.876. The van der Waals surface area contributed by atoms with Gasteiger partial charge in [0, 0.05) is 42.3 Å². The zero-order valence-electron chi connectivity index (χ0n) is 11.3. The average molecular weight is 290 g/mol. The molecule has 0 bridgehead atoms. The molecule has 1 amide bonds. The lowest BCUT2D eigenvalue weighted by Gasteiger charge is -2.32. The first-order chi connectivity index (χ1) is 9.65. The molecular weight excluding hydrogens is 274 g/mol. The van der Waals surface area contributed by atoms with Gasteiger partial charge in [0.2, 0.25) is 0 Å². The van der Waals surface area contributed by atoms with Crippen LogP contribution in [0.4, 0.5) is 0 Å².